The highest BCUT2D eigenvalue weighted by Crippen LogP contribution is 2.46. The normalized spacial score (nSPS) is 23.8. The van der Waals surface area contributed by atoms with Crippen molar-refractivity contribution < 1.29 is 0 Å². The molecule has 2 fully saturated rings. The Balaban J connectivity index is 1.16. The van der Waals surface area contributed by atoms with Gasteiger partial charge in [0.25, 0.3) is 0 Å². The maximum atomic E-state index is 10.0. The first-order valence-electron chi connectivity index (χ1n) is 19.0. The number of nitriles is 1. The van der Waals surface area contributed by atoms with Crippen molar-refractivity contribution in [1.29, 1.82) is 5.26 Å². The van der Waals surface area contributed by atoms with Crippen LogP contribution in [0.4, 0.5) is 0 Å². The second kappa shape index (κ2) is 19.3. The van der Waals surface area contributed by atoms with Crippen LogP contribution in [-0.2, 0) is 0 Å². The summed E-state index contributed by atoms with van der Waals surface area (Å²) in [6.45, 7) is 4.57. The number of aromatic nitrogens is 2. The highest BCUT2D eigenvalue weighted by Gasteiger charge is 2.35. The van der Waals surface area contributed by atoms with E-state index in [0.717, 1.165) is 49.4 Å². The summed E-state index contributed by atoms with van der Waals surface area (Å²) >= 11 is 0. The first-order valence-corrected chi connectivity index (χ1v) is 19.0. The lowest BCUT2D eigenvalue weighted by atomic mass is 9.67. The van der Waals surface area contributed by atoms with E-state index in [9.17, 15) is 5.26 Å². The maximum absolute atomic E-state index is 10.0. The Morgan fingerprint density at radius 3 is 1.73 bits per heavy atom. The quantitative estimate of drug-likeness (QED) is 0.151. The van der Waals surface area contributed by atoms with Crippen molar-refractivity contribution in [3.8, 4) is 17.5 Å². The van der Waals surface area contributed by atoms with Gasteiger partial charge in [0.2, 0.25) is 0 Å². The van der Waals surface area contributed by atoms with Crippen LogP contribution < -0.4 is 0 Å². The third kappa shape index (κ3) is 11.0. The number of hydrogen-bond donors (Lipinski definition) is 0. The van der Waals surface area contributed by atoms with E-state index in [4.69, 9.17) is 9.97 Å². The minimum atomic E-state index is -0.0801. The molecule has 4 rings (SSSR count). The van der Waals surface area contributed by atoms with Crippen LogP contribution in [0.1, 0.15) is 191 Å². The summed E-state index contributed by atoms with van der Waals surface area (Å²) in [7, 11) is 0. The van der Waals surface area contributed by atoms with E-state index < -0.39 is 0 Å². The van der Waals surface area contributed by atoms with Gasteiger partial charge >= 0.3 is 0 Å². The van der Waals surface area contributed by atoms with Crippen LogP contribution in [0.3, 0.4) is 0 Å². The van der Waals surface area contributed by atoms with Crippen molar-refractivity contribution >= 4 is 0 Å². The molecule has 0 N–H and O–H groups in total. The van der Waals surface area contributed by atoms with E-state index in [-0.39, 0.29) is 5.41 Å². The molecule has 0 atom stereocenters. The predicted molar refractivity (Wildman–Crippen MR) is 187 cm³/mol. The Morgan fingerprint density at radius 1 is 0.636 bits per heavy atom. The molecule has 0 spiro atoms. The van der Waals surface area contributed by atoms with Crippen LogP contribution in [-0.4, -0.2) is 9.97 Å². The molecule has 2 aliphatic carbocycles. The van der Waals surface area contributed by atoms with Gasteiger partial charge in [0.1, 0.15) is 0 Å². The van der Waals surface area contributed by atoms with Gasteiger partial charge in [-0.05, 0) is 86.7 Å². The molecule has 2 saturated carbocycles. The molecule has 0 saturated heterocycles. The monoisotopic (exact) mass is 598 g/mol. The predicted octanol–water partition coefficient (Wildman–Crippen LogP) is 12.9. The van der Waals surface area contributed by atoms with Gasteiger partial charge in [-0.3, -0.25) is 0 Å². The molecule has 0 radical (unpaired) electrons. The summed E-state index contributed by atoms with van der Waals surface area (Å²) in [6.07, 6.45) is 35.7. The zero-order valence-corrected chi connectivity index (χ0v) is 28.5. The van der Waals surface area contributed by atoms with Crippen LogP contribution >= 0.6 is 0 Å². The Labute approximate surface area is 271 Å². The summed E-state index contributed by atoms with van der Waals surface area (Å²) in [5.41, 5.74) is 3.78. The molecule has 0 amide bonds. The fraction of sp³-hybridized carbons (Fsp3) is 0.732. The number of benzene rings is 1. The SMILES string of the molecule is CCCCCCCCCCC1CCC(c2cnc(-c3ccc(C4CCC(C#N)(CCCCCCCC)CC4)cc3)nc2)CC1. The summed E-state index contributed by atoms with van der Waals surface area (Å²) in [4.78, 5) is 9.63. The second-order valence-corrected chi connectivity index (χ2v) is 14.6. The number of nitrogens with zero attached hydrogens (tertiary/aromatic N) is 3. The average molecular weight is 598 g/mol. The van der Waals surface area contributed by atoms with Gasteiger partial charge in [-0.15, -0.1) is 0 Å². The van der Waals surface area contributed by atoms with Crippen LogP contribution in [0.15, 0.2) is 36.7 Å². The zero-order chi connectivity index (χ0) is 30.9. The van der Waals surface area contributed by atoms with Gasteiger partial charge in [-0.25, -0.2) is 9.97 Å². The molecule has 1 heterocycles. The highest BCUT2D eigenvalue weighted by molar-refractivity contribution is 5.55. The van der Waals surface area contributed by atoms with Crippen molar-refractivity contribution in [3.63, 3.8) is 0 Å². The van der Waals surface area contributed by atoms with Crippen molar-refractivity contribution in [2.75, 3.05) is 0 Å². The van der Waals surface area contributed by atoms with Gasteiger partial charge in [0, 0.05) is 18.0 Å². The van der Waals surface area contributed by atoms with Gasteiger partial charge in [0.15, 0.2) is 5.82 Å². The zero-order valence-electron chi connectivity index (χ0n) is 28.5. The van der Waals surface area contributed by atoms with Crippen LogP contribution in [0, 0.1) is 22.7 Å². The molecular formula is C41H63N3. The number of rotatable bonds is 19. The smallest absolute Gasteiger partial charge is 0.159 e. The third-order valence-corrected chi connectivity index (χ3v) is 11.3. The highest BCUT2D eigenvalue weighted by atomic mass is 14.9. The molecule has 1 aromatic carbocycles. The lowest BCUT2D eigenvalue weighted by Crippen LogP contribution is -2.25. The number of unbranched alkanes of at least 4 members (excludes halogenated alkanes) is 12. The molecular weight excluding hydrogens is 534 g/mol. The van der Waals surface area contributed by atoms with Gasteiger partial charge in [-0.2, -0.15) is 5.26 Å². The van der Waals surface area contributed by atoms with Gasteiger partial charge in [0.05, 0.1) is 11.5 Å². The fourth-order valence-corrected chi connectivity index (χ4v) is 8.12. The fourth-order valence-electron chi connectivity index (χ4n) is 8.12. The topological polar surface area (TPSA) is 49.6 Å². The first kappa shape index (κ1) is 34.7. The van der Waals surface area contributed by atoms with E-state index in [0.29, 0.717) is 11.8 Å². The van der Waals surface area contributed by atoms with Crippen LogP contribution in [0.5, 0.6) is 0 Å². The Bertz CT molecular complexity index is 1070. The molecule has 242 valence electrons. The first-order chi connectivity index (χ1) is 21.7. The third-order valence-electron chi connectivity index (χ3n) is 11.3. The van der Waals surface area contributed by atoms with E-state index in [1.807, 2.05) is 0 Å². The van der Waals surface area contributed by atoms with Crippen molar-refractivity contribution in [1.82, 2.24) is 9.97 Å². The summed E-state index contributed by atoms with van der Waals surface area (Å²) in [5.74, 6) is 2.98. The van der Waals surface area contributed by atoms with Gasteiger partial charge < -0.3 is 0 Å². The second-order valence-electron chi connectivity index (χ2n) is 14.6. The minimum absolute atomic E-state index is 0.0801. The summed E-state index contributed by atoms with van der Waals surface area (Å²) < 4.78 is 0. The van der Waals surface area contributed by atoms with Crippen molar-refractivity contribution in [2.45, 2.75) is 180 Å². The molecule has 2 aliphatic rings. The van der Waals surface area contributed by atoms with E-state index in [1.165, 1.54) is 133 Å². The molecule has 2 aromatic rings. The largest absolute Gasteiger partial charge is 0.236 e. The van der Waals surface area contributed by atoms with E-state index >= 15 is 0 Å². The molecule has 1 aromatic heterocycles. The average Bonchev–Trinajstić information content (AvgIpc) is 3.08. The Hall–Kier alpha value is -2.21. The molecule has 0 unspecified atom stereocenters. The van der Waals surface area contributed by atoms with Crippen molar-refractivity contribution in [2.24, 2.45) is 11.3 Å². The molecule has 0 bridgehead atoms. The summed E-state index contributed by atoms with van der Waals surface area (Å²) in [6, 6.07) is 11.8. The van der Waals surface area contributed by atoms with E-state index in [2.05, 4.69) is 56.6 Å². The van der Waals surface area contributed by atoms with E-state index in [1.54, 1.807) is 0 Å². The lowest BCUT2D eigenvalue weighted by Gasteiger charge is -2.35. The minimum Gasteiger partial charge on any atom is -0.236 e. The molecule has 44 heavy (non-hydrogen) atoms. The standard InChI is InChI=1S/C41H63N3/c1-3-5-7-9-11-12-13-15-17-34-18-20-36(21-19-34)39-31-43-40(44-32-39)38-24-22-35(23-25-38)37-26-29-41(33-42,30-27-37)28-16-14-10-8-6-4-2/h22-25,31-32,34,36-37H,3-21,26-30H2,1-2H3. The Morgan fingerprint density at radius 2 is 1.16 bits per heavy atom. The number of hydrogen-bond acceptors (Lipinski definition) is 3. The van der Waals surface area contributed by atoms with Crippen LogP contribution in [0.2, 0.25) is 0 Å². The van der Waals surface area contributed by atoms with Crippen molar-refractivity contribution in [3.05, 3.63) is 47.8 Å². The summed E-state index contributed by atoms with van der Waals surface area (Å²) in [5, 5.41) is 10.0. The molecule has 3 nitrogen and oxygen atoms in total. The molecule has 0 aliphatic heterocycles. The Kier molecular flexibility index (Phi) is 15.2. The van der Waals surface area contributed by atoms with Crippen LogP contribution in [0.25, 0.3) is 11.4 Å². The maximum Gasteiger partial charge on any atom is 0.159 e. The molecule has 3 heteroatoms. The lowest BCUT2D eigenvalue weighted by molar-refractivity contribution is 0.223. The van der Waals surface area contributed by atoms with Gasteiger partial charge in [-0.1, -0.05) is 134 Å².